The smallest absolute Gasteiger partial charge is 0.124 e. The number of rotatable bonds is 5. The van der Waals surface area contributed by atoms with Gasteiger partial charge >= 0.3 is 0 Å². The maximum Gasteiger partial charge on any atom is 0.124 e. The summed E-state index contributed by atoms with van der Waals surface area (Å²) in [5.74, 6) is 3.89. The zero-order valence-electron chi connectivity index (χ0n) is 19.0. The van der Waals surface area contributed by atoms with Gasteiger partial charge < -0.3 is 20.6 Å². The Morgan fingerprint density at radius 1 is 0.529 bits per heavy atom. The van der Waals surface area contributed by atoms with Crippen molar-refractivity contribution in [1.29, 1.82) is 0 Å². The van der Waals surface area contributed by atoms with Gasteiger partial charge in [-0.3, -0.25) is 0 Å². The van der Waals surface area contributed by atoms with Gasteiger partial charge in [-0.25, -0.2) is 9.97 Å². The molecule has 0 spiro atoms. The molecule has 8 rings (SSSR count). The van der Waals surface area contributed by atoms with Gasteiger partial charge in [-0.15, -0.1) is 0 Å². The summed E-state index contributed by atoms with van der Waals surface area (Å²) in [5.41, 5.74) is 6.74. The summed E-state index contributed by atoms with van der Waals surface area (Å²) < 4.78 is 0. The van der Waals surface area contributed by atoms with E-state index in [1.54, 1.807) is 0 Å². The molecule has 2 aliphatic carbocycles. The van der Waals surface area contributed by atoms with E-state index in [9.17, 15) is 0 Å². The van der Waals surface area contributed by atoms with Crippen LogP contribution in [0.15, 0.2) is 60.9 Å². The molecule has 2 saturated carbocycles. The van der Waals surface area contributed by atoms with E-state index in [1.165, 1.54) is 36.8 Å². The third-order valence-corrected chi connectivity index (χ3v) is 8.30. The van der Waals surface area contributed by atoms with Gasteiger partial charge in [-0.05, 0) is 48.6 Å². The number of imidazole rings is 2. The van der Waals surface area contributed by atoms with E-state index in [-0.39, 0.29) is 0 Å². The van der Waals surface area contributed by atoms with Gasteiger partial charge in [-0.2, -0.15) is 0 Å². The molecule has 34 heavy (non-hydrogen) atoms. The van der Waals surface area contributed by atoms with Crippen LogP contribution in [-0.4, -0.2) is 32.0 Å². The Morgan fingerprint density at radius 2 is 0.941 bits per heavy atom. The van der Waals surface area contributed by atoms with Crippen LogP contribution >= 0.6 is 0 Å². The fraction of sp³-hybridized carbons (Fsp3) is 0.357. The summed E-state index contributed by atoms with van der Waals surface area (Å²) in [6, 6.07) is 19.7. The normalized spacial score (nSPS) is 30.8. The maximum absolute atomic E-state index is 4.87. The van der Waals surface area contributed by atoms with Crippen LogP contribution in [0.3, 0.4) is 0 Å². The molecular weight excluding hydrogens is 420 g/mol. The van der Waals surface area contributed by atoms with Crippen molar-refractivity contribution < 1.29 is 0 Å². The van der Waals surface area contributed by atoms with Crippen molar-refractivity contribution in [2.24, 2.45) is 11.8 Å². The first-order valence-electron chi connectivity index (χ1n) is 12.6. The van der Waals surface area contributed by atoms with E-state index in [2.05, 4.69) is 69.1 Å². The molecule has 4 aromatic rings. The number of nitrogens with zero attached hydrogens (tertiary/aromatic N) is 2. The fourth-order valence-electron chi connectivity index (χ4n) is 6.06. The summed E-state index contributed by atoms with van der Waals surface area (Å²) in [7, 11) is 0. The molecule has 6 heteroatoms. The molecule has 4 N–H and O–H groups in total. The molecule has 2 aromatic carbocycles. The van der Waals surface area contributed by atoms with Crippen LogP contribution < -0.4 is 10.6 Å². The molecule has 6 nitrogen and oxygen atoms in total. The zero-order chi connectivity index (χ0) is 22.2. The monoisotopic (exact) mass is 448 g/mol. The van der Waals surface area contributed by atoms with Gasteiger partial charge in [0.2, 0.25) is 0 Å². The number of benzene rings is 2. The second kappa shape index (κ2) is 7.14. The van der Waals surface area contributed by atoms with E-state index < -0.39 is 0 Å². The molecule has 2 aromatic heterocycles. The molecule has 0 bridgehead atoms. The summed E-state index contributed by atoms with van der Waals surface area (Å²) in [5, 5.41) is 7.34. The third kappa shape index (κ3) is 3.24. The first-order valence-corrected chi connectivity index (χ1v) is 12.6. The van der Waals surface area contributed by atoms with Gasteiger partial charge in [0.25, 0.3) is 0 Å². The molecule has 6 atom stereocenters. The van der Waals surface area contributed by atoms with Crippen molar-refractivity contribution in [3.8, 4) is 33.6 Å². The number of piperidine rings is 2. The molecule has 4 fully saturated rings. The van der Waals surface area contributed by atoms with Crippen molar-refractivity contribution in [3.05, 3.63) is 72.6 Å². The predicted octanol–water partition coefficient (Wildman–Crippen LogP) is 4.98. The van der Waals surface area contributed by atoms with E-state index in [1.807, 2.05) is 12.4 Å². The molecule has 2 aliphatic heterocycles. The highest BCUT2D eigenvalue weighted by Gasteiger charge is 2.47. The lowest BCUT2D eigenvalue weighted by atomic mass is 10.0. The highest BCUT2D eigenvalue weighted by Crippen LogP contribution is 2.46. The van der Waals surface area contributed by atoms with Gasteiger partial charge in [-0.1, -0.05) is 48.5 Å². The molecular formula is C28H28N6. The number of H-pyrrole nitrogens is 2. The Kier molecular flexibility index (Phi) is 4.02. The topological polar surface area (TPSA) is 81.4 Å². The van der Waals surface area contributed by atoms with Crippen LogP contribution in [0.25, 0.3) is 33.6 Å². The van der Waals surface area contributed by atoms with Crippen molar-refractivity contribution in [1.82, 2.24) is 30.6 Å². The number of fused-ring (bicyclic) bond motifs is 2. The Morgan fingerprint density at radius 3 is 1.32 bits per heavy atom. The van der Waals surface area contributed by atoms with E-state index in [0.717, 1.165) is 58.1 Å². The highest BCUT2D eigenvalue weighted by atomic mass is 15.1. The summed E-state index contributed by atoms with van der Waals surface area (Å²) in [6.45, 7) is 0. The lowest BCUT2D eigenvalue weighted by molar-refractivity contribution is 0.543. The lowest BCUT2D eigenvalue weighted by Gasteiger charge is -2.09. The van der Waals surface area contributed by atoms with Crippen molar-refractivity contribution >= 4 is 0 Å². The second-order valence-electron chi connectivity index (χ2n) is 10.6. The summed E-state index contributed by atoms with van der Waals surface area (Å²) in [6.07, 6.45) is 9.18. The largest absolute Gasteiger partial charge is 0.347 e. The second-order valence-corrected chi connectivity index (χ2v) is 10.6. The maximum atomic E-state index is 4.87. The molecule has 0 radical (unpaired) electrons. The Labute approximate surface area is 198 Å². The standard InChI is InChI=1S/C28H28N6/c1-5-17(25-13-29-27(33-25)23-11-19-9-21(19)31-23)6-2-15(1)16-3-7-18(8-4-16)26-14-30-28(34-26)24-12-20-10-22(20)32-24/h1-8,13-14,19-24,31-32H,9-12H2,(H,29,33)(H,30,34)/t19-,20-,21-,22-,23+,24+/m1/s1. The van der Waals surface area contributed by atoms with Crippen molar-refractivity contribution in [2.45, 2.75) is 49.9 Å². The number of nitrogens with one attached hydrogen (secondary N) is 4. The number of aromatic amines is 2. The third-order valence-electron chi connectivity index (χ3n) is 8.30. The van der Waals surface area contributed by atoms with Crippen LogP contribution in [0.4, 0.5) is 0 Å². The lowest BCUT2D eigenvalue weighted by Crippen LogP contribution is -2.18. The van der Waals surface area contributed by atoms with Crippen LogP contribution in [-0.2, 0) is 0 Å². The summed E-state index contributed by atoms with van der Waals surface area (Å²) in [4.78, 5) is 16.5. The number of hydrogen-bond acceptors (Lipinski definition) is 4. The van der Waals surface area contributed by atoms with Gasteiger partial charge in [0.1, 0.15) is 11.6 Å². The molecule has 0 amide bonds. The fourth-order valence-corrected chi connectivity index (χ4v) is 6.06. The quantitative estimate of drug-likeness (QED) is 0.347. The minimum atomic E-state index is 0.390. The van der Waals surface area contributed by atoms with Crippen LogP contribution in [0.2, 0.25) is 0 Å². The average Bonchev–Trinajstić information content (AvgIpc) is 3.46. The summed E-state index contributed by atoms with van der Waals surface area (Å²) >= 11 is 0. The minimum absolute atomic E-state index is 0.390. The molecule has 170 valence electrons. The first-order chi connectivity index (χ1) is 16.8. The Balaban J connectivity index is 0.972. The van der Waals surface area contributed by atoms with Gasteiger partial charge in [0.15, 0.2) is 0 Å². The van der Waals surface area contributed by atoms with Gasteiger partial charge in [0, 0.05) is 35.6 Å². The van der Waals surface area contributed by atoms with Crippen LogP contribution in [0.5, 0.6) is 0 Å². The SMILES string of the molecule is c1cc(-c2c[nH]c([C@@H]3C[C@H]4C[C@H]4N3)n2)ccc1-c1ccc(-c2c[nH]c([C@@H]3C[C@H]4C[C@H]4N3)n2)cc1. The number of aromatic nitrogens is 4. The minimum Gasteiger partial charge on any atom is -0.347 e. The average molecular weight is 449 g/mol. The zero-order valence-corrected chi connectivity index (χ0v) is 19.0. The van der Waals surface area contributed by atoms with E-state index in [4.69, 9.17) is 9.97 Å². The van der Waals surface area contributed by atoms with Crippen LogP contribution in [0.1, 0.15) is 49.4 Å². The molecule has 0 unspecified atom stereocenters. The van der Waals surface area contributed by atoms with E-state index in [0.29, 0.717) is 12.1 Å². The first kappa shape index (κ1) is 19.1. The van der Waals surface area contributed by atoms with E-state index >= 15 is 0 Å². The number of hydrogen-bond donors (Lipinski definition) is 4. The van der Waals surface area contributed by atoms with Crippen molar-refractivity contribution in [2.75, 3.05) is 0 Å². The highest BCUT2D eigenvalue weighted by molar-refractivity contribution is 5.71. The van der Waals surface area contributed by atoms with Crippen LogP contribution in [0, 0.1) is 11.8 Å². The predicted molar refractivity (Wildman–Crippen MR) is 132 cm³/mol. The molecule has 4 aliphatic rings. The Hall–Kier alpha value is -3.22. The van der Waals surface area contributed by atoms with Gasteiger partial charge in [0.05, 0.1) is 23.5 Å². The van der Waals surface area contributed by atoms with Crippen molar-refractivity contribution in [3.63, 3.8) is 0 Å². The Bertz CT molecular complexity index is 1220. The molecule has 4 heterocycles. The molecule has 2 saturated heterocycles.